The monoisotopic (exact) mass is 2030 g/mol. The van der Waals surface area contributed by atoms with Crippen molar-refractivity contribution in [3.8, 4) is 0 Å². The second-order valence-electron chi connectivity index (χ2n) is 33.0. The summed E-state index contributed by atoms with van der Waals surface area (Å²) in [6, 6.07) is 10.2. The van der Waals surface area contributed by atoms with Gasteiger partial charge in [-0.25, -0.2) is 4.79 Å². The summed E-state index contributed by atoms with van der Waals surface area (Å²) in [4.78, 5) is 158. The maximum atomic E-state index is 14.4. The van der Waals surface area contributed by atoms with Gasteiger partial charge in [0, 0.05) is 126 Å². The van der Waals surface area contributed by atoms with Gasteiger partial charge in [0.2, 0.25) is 41.4 Å². The predicted octanol–water partition coefficient (Wildman–Crippen LogP) is 6.59. The summed E-state index contributed by atoms with van der Waals surface area (Å²) in [5.74, 6) is -6.28. The molecule has 1 saturated heterocycles. The number of likely N-dealkylation sites (N-methyl/N-ethyl adjacent to an activating group) is 1. The quantitative estimate of drug-likeness (QED) is 0.00829. The third kappa shape index (κ3) is 60.9. The fourth-order valence-electron chi connectivity index (χ4n) is 13.2. The number of pyridine rings is 1. The molecule has 8 unspecified atom stereocenters. The number of carbonyl (C=O) groups excluding carboxylic acids is 11. The summed E-state index contributed by atoms with van der Waals surface area (Å²) < 4.78 is 74.6. The van der Waals surface area contributed by atoms with Crippen LogP contribution in [-0.2, 0) is 130 Å². The number of esters is 4. The molecule has 1 aliphatic rings. The zero-order valence-corrected chi connectivity index (χ0v) is 85.7. The maximum Gasteiger partial charge on any atom is 0.328 e. The zero-order chi connectivity index (χ0) is 104. The lowest BCUT2D eigenvalue weighted by Crippen LogP contribution is -2.59. The molecule has 0 aliphatic carbocycles. The molecule has 1 aliphatic heterocycles. The molecular formula is C96H173N9O32S2. The fraction of sp³-hybridized carbons (Fsp3) is 0.760. The van der Waals surface area contributed by atoms with E-state index in [0.717, 1.165) is 10.2 Å². The van der Waals surface area contributed by atoms with Crippen LogP contribution in [0.3, 0.4) is 0 Å². The van der Waals surface area contributed by atoms with Crippen molar-refractivity contribution in [2.24, 2.45) is 29.4 Å². The molecule has 43 heteroatoms. The molecule has 1 aromatic heterocycles. The van der Waals surface area contributed by atoms with Crippen LogP contribution in [0.5, 0.6) is 0 Å². The normalized spacial score (nSPS) is 15.7. The number of nitrogens with zero attached hydrogens (tertiary/aromatic N) is 2. The minimum atomic E-state index is -1.00. The van der Waals surface area contributed by atoms with Crippen molar-refractivity contribution in [1.82, 2.24) is 41.4 Å². The smallest absolute Gasteiger partial charge is 0.328 e. The summed E-state index contributed by atoms with van der Waals surface area (Å²) >= 11 is 8.74. The van der Waals surface area contributed by atoms with Gasteiger partial charge in [-0.1, -0.05) is 146 Å². The van der Waals surface area contributed by atoms with E-state index in [1.54, 1.807) is 23.8 Å². The average Bonchev–Trinajstić information content (AvgIpc) is 1.79. The SMILES string of the molecule is C.C.CCC(CO)OC(CO)OC.CCC(CO)OC(COC(=O)CCCC(=O)NCCS)OC.CCC(CO)OC(COC(=O)CCCC(=O)N[C@H](C)C(=O)OCCCNC(=O)[C@H](Cc1ccccc1)NC(=O)[C@H](C)[C@@H](OC)[C@@H]1CCCN1C(=O)C[C@@H](OC)[C@H]([C@@H](C)CC)N(C)C(=O)[C@@H](NC(=O)[C@@H](N)C(C)C)C(C)C)OC.CCC(CO)OC(COC(=O)CCCC(=O)O)OC.S=c1cccc[nH]1. The Morgan fingerprint density at radius 3 is 1.41 bits per heavy atom. The third-order valence-corrected chi connectivity index (χ3v) is 22.3. The van der Waals surface area contributed by atoms with Gasteiger partial charge in [-0.2, -0.15) is 12.6 Å². The molecule has 18 atom stereocenters. The molecule has 1 fully saturated rings. The number of amides is 7. The van der Waals surface area contributed by atoms with E-state index in [0.29, 0.717) is 70.2 Å². The molecule has 0 saturated carbocycles. The third-order valence-electron chi connectivity index (χ3n) is 21.8. The van der Waals surface area contributed by atoms with Gasteiger partial charge in [-0.15, -0.1) is 0 Å². The molecular weight excluding hydrogens is 1860 g/mol. The van der Waals surface area contributed by atoms with E-state index in [1.165, 1.54) is 49.6 Å². The van der Waals surface area contributed by atoms with Crippen molar-refractivity contribution in [3.63, 3.8) is 0 Å². The number of aliphatic hydroxyl groups excluding tert-OH is 5. The number of aromatic nitrogens is 1. The lowest BCUT2D eigenvalue weighted by molar-refractivity contribution is -0.194. The van der Waals surface area contributed by atoms with Crippen molar-refractivity contribution in [2.75, 3.05) is 135 Å². The first-order chi connectivity index (χ1) is 65.3. The van der Waals surface area contributed by atoms with Gasteiger partial charge in [0.05, 0.1) is 107 Å². The summed E-state index contributed by atoms with van der Waals surface area (Å²) in [6.45, 7) is 21.9. The number of hydrogen-bond acceptors (Lipinski definition) is 34. The largest absolute Gasteiger partial charge is 0.481 e. The summed E-state index contributed by atoms with van der Waals surface area (Å²) in [7, 11) is 10.4. The Hall–Kier alpha value is -8.06. The van der Waals surface area contributed by atoms with Crippen LogP contribution in [0.4, 0.5) is 0 Å². The standard InChI is InChI=1S/C56H95N7O15.C14H27NO6S.C12H22O7.C7H16O4.C5H5NS.2CH4/c1-14-36(7)50(62(10)55(71)49(35(5)6)61-54(70)48(57)34(3)4)43(73-11)31-45(66)63-28-20-24-42(63)51(75-13)37(8)52(68)60-41(30-39-22-17-16-18-23-39)53(69)58-27-21-29-76-56(72)38(9)59-44(65)25-19-26-46(67)77-33-47(74-12)78-40(15-2)32-64;1-3-11(9-16)21-14(19-2)10-20-13(18)6-4-5-12(17)15-7-8-22;1-3-9(7-13)19-12(17-2)8-18-11(16)6-4-5-10(14)15;1-3-6(4-8)11-7(5-9)10-2;7-5-3-1-2-4-6-5;;/h16-18,22-23,34-38,40-43,47-51,64H,14-15,19-21,24-33,57H2,1-13H3,(H,58,69)(H,59,65)(H,60,68)(H,61,70);11,14,16,22H,3-10H2,1-2H3,(H,15,17);9,12-13H,3-8H2,1-2H3,(H,14,15);6-9H,3-5H2,1-2H3;1-4H,(H,6,7);2*1H4/t36-,37+,38+,40?,41-,42-,43+,47?,48-,49-,50-,51+;;;;;;/m0....../s1. The number of hydrogen-bond donors (Lipinski definition) is 14. The number of carboxylic acid groups (broad SMARTS) is 1. The first-order valence-electron chi connectivity index (χ1n) is 47.0. The Kier molecular flexibility index (Phi) is 82.3. The van der Waals surface area contributed by atoms with E-state index >= 15 is 0 Å². The number of carboxylic acids is 1. The first-order valence-corrected chi connectivity index (χ1v) is 48.0. The van der Waals surface area contributed by atoms with E-state index in [1.807, 2.05) is 124 Å². The number of aliphatic carboxylic acids is 1. The van der Waals surface area contributed by atoms with Crippen LogP contribution < -0.4 is 32.3 Å². The molecule has 2 aromatic rings. The van der Waals surface area contributed by atoms with Crippen LogP contribution in [0, 0.1) is 28.3 Å². The van der Waals surface area contributed by atoms with Gasteiger partial charge in [0.1, 0.15) is 42.6 Å². The lowest BCUT2D eigenvalue weighted by atomic mass is 9.89. The highest BCUT2D eigenvalue weighted by atomic mass is 32.1. The minimum absolute atomic E-state index is 0. The molecule has 1 aromatic carbocycles. The number of aliphatic hydroxyl groups is 5. The lowest BCUT2D eigenvalue weighted by Gasteiger charge is -2.41. The highest BCUT2D eigenvalue weighted by molar-refractivity contribution is 7.80. The molecule has 3 rings (SSSR count). The van der Waals surface area contributed by atoms with E-state index in [9.17, 15) is 62.6 Å². The van der Waals surface area contributed by atoms with E-state index < -0.39 is 139 Å². The van der Waals surface area contributed by atoms with Crippen LogP contribution in [0.15, 0.2) is 54.7 Å². The molecule has 0 spiro atoms. The Morgan fingerprint density at radius 1 is 0.540 bits per heavy atom. The Labute approximate surface area is 834 Å². The summed E-state index contributed by atoms with van der Waals surface area (Å²) in [5, 5.41) is 66.9. The number of methoxy groups -OCH3 is 6. The van der Waals surface area contributed by atoms with Crippen molar-refractivity contribution in [1.29, 1.82) is 0 Å². The van der Waals surface area contributed by atoms with Crippen LogP contribution in [-0.4, -0.2) is 349 Å². The van der Waals surface area contributed by atoms with E-state index in [4.69, 9.17) is 110 Å². The minimum Gasteiger partial charge on any atom is -0.481 e. The number of nitrogens with one attached hydrogen (secondary N) is 6. The van der Waals surface area contributed by atoms with Gasteiger partial charge >= 0.3 is 29.8 Å². The first kappa shape index (κ1) is 137. The fourth-order valence-corrected chi connectivity index (χ4v) is 13.4. The van der Waals surface area contributed by atoms with Crippen molar-refractivity contribution in [2.45, 2.75) is 318 Å². The number of nitrogens with two attached hydrogens (primary N) is 1. The Balaban J connectivity index is -0.00000119. The molecule has 0 radical (unpaired) electrons. The van der Waals surface area contributed by atoms with Gasteiger partial charge in [0.15, 0.2) is 25.2 Å². The second kappa shape index (κ2) is 83.4. The highest BCUT2D eigenvalue weighted by Crippen LogP contribution is 2.30. The van der Waals surface area contributed by atoms with Gasteiger partial charge in [0.25, 0.3) is 0 Å². The number of benzene rings is 1. The van der Waals surface area contributed by atoms with E-state index in [2.05, 4.69) is 44.2 Å². The Morgan fingerprint density at radius 2 is 1.01 bits per heavy atom. The number of likely N-dealkylation sites (tertiary alicyclic amines) is 1. The zero-order valence-electron chi connectivity index (χ0n) is 84.0. The van der Waals surface area contributed by atoms with Crippen LogP contribution >= 0.6 is 24.8 Å². The number of thiol groups is 1. The van der Waals surface area contributed by atoms with Crippen LogP contribution in [0.1, 0.15) is 219 Å². The molecule has 2 heterocycles. The molecule has 0 bridgehead atoms. The molecule has 14 N–H and O–H groups in total. The average molecular weight is 2030 g/mol. The van der Waals surface area contributed by atoms with E-state index in [-0.39, 0.29) is 205 Å². The summed E-state index contributed by atoms with van der Waals surface area (Å²) in [6.07, 6.45) is 1.85. The van der Waals surface area contributed by atoms with Gasteiger partial charge in [-0.05, 0) is 107 Å². The van der Waals surface area contributed by atoms with Crippen molar-refractivity contribution < 1.29 is 154 Å². The highest BCUT2D eigenvalue weighted by Gasteiger charge is 2.44. The number of aromatic amines is 1. The number of ether oxygens (including phenoxy) is 14. The predicted molar refractivity (Wildman–Crippen MR) is 527 cm³/mol. The molecule has 41 nitrogen and oxygen atoms in total. The number of H-pyrrole nitrogens is 1. The van der Waals surface area contributed by atoms with Crippen molar-refractivity contribution in [3.05, 3.63) is 64.9 Å². The van der Waals surface area contributed by atoms with Crippen LogP contribution in [0.2, 0.25) is 0 Å². The van der Waals surface area contributed by atoms with Gasteiger partial charge < -0.3 is 144 Å². The molecule has 806 valence electrons. The topological polar surface area (TPSA) is 564 Å². The molecule has 139 heavy (non-hydrogen) atoms. The van der Waals surface area contributed by atoms with Crippen LogP contribution in [0.25, 0.3) is 0 Å². The summed E-state index contributed by atoms with van der Waals surface area (Å²) in [5.41, 5.74) is 6.94. The molecule has 7 amide bonds. The maximum absolute atomic E-state index is 14.4. The second-order valence-corrected chi connectivity index (χ2v) is 33.9. The Bertz CT molecular complexity index is 3640. The van der Waals surface area contributed by atoms with Gasteiger partial charge in [-0.3, -0.25) is 52.7 Å². The van der Waals surface area contributed by atoms with Crippen molar-refractivity contribution >= 4 is 96.0 Å². The number of rotatable bonds is 67. The number of carbonyl (C=O) groups is 12.